The Morgan fingerprint density at radius 1 is 0.657 bits per heavy atom. The maximum absolute atomic E-state index is 13.6. The average Bonchev–Trinajstić information content (AvgIpc) is 3.30. The van der Waals surface area contributed by atoms with Crippen molar-refractivity contribution in [3.05, 3.63) is 147 Å². The van der Waals surface area contributed by atoms with Crippen LogP contribution in [-0.4, -0.2) is 84.9 Å². The molecule has 0 saturated carbocycles. The average molecular weight is 900 g/mol. The summed E-state index contributed by atoms with van der Waals surface area (Å²) in [7, 11) is 7.57. The molecule has 2 amide bonds. The molecule has 4 aliphatic rings. The monoisotopic (exact) mass is 899 g/mol. The summed E-state index contributed by atoms with van der Waals surface area (Å²) in [5.41, 5.74) is 2.66. The molecule has 0 aromatic heterocycles. The van der Waals surface area contributed by atoms with Crippen LogP contribution in [0.4, 0.5) is 5.69 Å². The number of carboxylic acids is 3. The Kier molecular flexibility index (Phi) is 11.7. The van der Waals surface area contributed by atoms with Gasteiger partial charge < -0.3 is 44.8 Å². The number of anilines is 1. The van der Waals surface area contributed by atoms with Gasteiger partial charge in [-0.25, -0.2) is 19.0 Å². The lowest BCUT2D eigenvalue weighted by Crippen LogP contribution is -2.25. The maximum Gasteiger partial charge on any atom is 0.336 e. The first-order valence-corrected chi connectivity index (χ1v) is 20.4. The van der Waals surface area contributed by atoms with Crippen molar-refractivity contribution in [3.63, 3.8) is 0 Å². The Labute approximate surface area is 380 Å². The second-order valence-electron chi connectivity index (χ2n) is 15.8. The van der Waals surface area contributed by atoms with Gasteiger partial charge in [-0.2, -0.15) is 0 Å². The van der Waals surface area contributed by atoms with Crippen LogP contribution in [0.3, 0.4) is 0 Å². The van der Waals surface area contributed by atoms with Gasteiger partial charge in [-0.15, -0.1) is 0 Å². The minimum Gasteiger partial charge on any atom is -0.507 e. The summed E-state index contributed by atoms with van der Waals surface area (Å²) >= 11 is 0. The van der Waals surface area contributed by atoms with Gasteiger partial charge in [0.05, 0.1) is 41.4 Å². The van der Waals surface area contributed by atoms with Gasteiger partial charge in [-0.1, -0.05) is 12.0 Å². The second kappa shape index (κ2) is 17.7. The number of phenolic OH excluding ortho intramolecular Hbond substituents is 1. The third-order valence-electron chi connectivity index (χ3n) is 11.2. The third kappa shape index (κ3) is 8.59. The lowest BCUT2D eigenvalue weighted by Gasteiger charge is -2.19. The van der Waals surface area contributed by atoms with Crippen molar-refractivity contribution in [1.82, 2.24) is 15.2 Å². The molecule has 67 heavy (non-hydrogen) atoms. The van der Waals surface area contributed by atoms with Crippen molar-refractivity contribution in [2.24, 2.45) is 0 Å². The van der Waals surface area contributed by atoms with Crippen LogP contribution in [0, 0.1) is 11.8 Å². The highest BCUT2D eigenvalue weighted by Gasteiger charge is 2.26. The van der Waals surface area contributed by atoms with Crippen LogP contribution in [0.25, 0.3) is 66.8 Å². The molecule has 334 valence electrons. The van der Waals surface area contributed by atoms with Crippen molar-refractivity contribution in [1.29, 1.82) is 0 Å². The third-order valence-corrected chi connectivity index (χ3v) is 11.2. The Balaban J connectivity index is 1.06. The van der Waals surface area contributed by atoms with Gasteiger partial charge in [0.1, 0.15) is 42.5 Å². The molecule has 6 N–H and O–H groups in total. The molecule has 16 nitrogen and oxygen atoms in total. The predicted molar refractivity (Wildman–Crippen MR) is 249 cm³/mol. The lowest BCUT2D eigenvalue weighted by molar-refractivity contribution is -0.115. The number of phenols is 1. The smallest absolute Gasteiger partial charge is 0.336 e. The molecule has 4 aromatic carbocycles. The van der Waals surface area contributed by atoms with E-state index in [1.54, 1.807) is 0 Å². The normalized spacial score (nSPS) is 11.0. The number of carbonyl (C=O) groups excluding carboxylic acids is 2. The van der Waals surface area contributed by atoms with Crippen LogP contribution < -0.4 is 30.9 Å². The summed E-state index contributed by atoms with van der Waals surface area (Å²) in [5, 5.41) is 48.0. The standard InChI is InChI=1S/C51H38N4O12/c1-54(2)28-9-14-33-41(22-28)66-42-23-29(55(3)4)10-15-34(42)46(33)37-20-26(7-13-32(37)50(62)63)48(59)52-19-5-6-44(58)53-25-39-40(57)18-17-36-45(35-16-11-30(56)24-43(35)67-47(36)39)31-12-8-27(49(60)61)21-38(31)51(64)65/h7-18,20-24H,19,25H2,1-4H3,(H5-,52,53,56,57,58,59,60,61,62,63,64,65)/p+1. The number of aromatic carboxylic acids is 3. The molecule has 0 spiro atoms. The van der Waals surface area contributed by atoms with Crippen molar-refractivity contribution < 1.29 is 53.2 Å². The molecule has 0 atom stereocenters. The summed E-state index contributed by atoms with van der Waals surface area (Å²) in [6.07, 6.45) is 0. The first kappa shape index (κ1) is 44.4. The molecule has 0 radical (unpaired) electrons. The zero-order valence-corrected chi connectivity index (χ0v) is 36.2. The van der Waals surface area contributed by atoms with Crippen LogP contribution in [-0.2, 0) is 11.3 Å². The van der Waals surface area contributed by atoms with E-state index in [-0.39, 0.29) is 80.1 Å². The van der Waals surface area contributed by atoms with E-state index >= 15 is 0 Å². The number of rotatable bonds is 10. The Morgan fingerprint density at radius 2 is 1.33 bits per heavy atom. The Bertz CT molecular complexity index is 3550. The number of hydrogen-bond acceptors (Lipinski definition) is 10. The molecular formula is C51H39N4O12+. The van der Waals surface area contributed by atoms with Gasteiger partial charge in [-0.3, -0.25) is 14.4 Å². The SMILES string of the molecule is CN(C)c1ccc2c(-c3cc(C(=O)NCC#CC(=O)NCc4c(O)ccc5c(-c6ccc(C(=O)O)cc6C(=O)O)c6ccc(=O)cc-6oc45)ccc3C(=O)O)c3ccc(=[N+](C)C)cc-3oc2c1. The van der Waals surface area contributed by atoms with Crippen LogP contribution in [0.2, 0.25) is 0 Å². The number of nitrogens with zero attached hydrogens (tertiary/aromatic N) is 2. The van der Waals surface area contributed by atoms with Gasteiger partial charge in [0.2, 0.25) is 5.36 Å². The Morgan fingerprint density at radius 3 is 2.03 bits per heavy atom. The van der Waals surface area contributed by atoms with Crippen molar-refractivity contribution in [3.8, 4) is 62.5 Å². The molecule has 2 aliphatic heterocycles. The van der Waals surface area contributed by atoms with E-state index < -0.39 is 35.2 Å². The van der Waals surface area contributed by atoms with Gasteiger partial charge >= 0.3 is 17.9 Å². The van der Waals surface area contributed by atoms with Gasteiger partial charge in [0, 0.05) is 76.6 Å². The van der Waals surface area contributed by atoms with Crippen LogP contribution in [0.15, 0.2) is 117 Å². The largest absolute Gasteiger partial charge is 0.507 e. The predicted octanol–water partition coefficient (Wildman–Crippen LogP) is 6.03. The number of carbonyl (C=O) groups is 5. The molecule has 2 heterocycles. The summed E-state index contributed by atoms with van der Waals surface area (Å²) in [6.45, 7) is -0.632. The Hall–Kier alpha value is -9.23. The van der Waals surface area contributed by atoms with Gasteiger partial charge in [0.25, 0.3) is 11.8 Å². The molecule has 4 aromatic rings. The molecule has 0 bridgehead atoms. The van der Waals surface area contributed by atoms with Gasteiger partial charge in [-0.05, 0) is 89.8 Å². The number of benzene rings is 6. The molecule has 2 aliphatic carbocycles. The fourth-order valence-corrected chi connectivity index (χ4v) is 7.87. The fraction of sp³-hybridized carbons (Fsp3) is 0.118. The minimum absolute atomic E-state index is 0.00285. The highest BCUT2D eigenvalue weighted by Crippen LogP contribution is 2.45. The zero-order chi connectivity index (χ0) is 47.8. The zero-order valence-electron chi connectivity index (χ0n) is 36.2. The quantitative estimate of drug-likeness (QED) is 0.0523. The number of hydrogen-bond donors (Lipinski definition) is 6. The molecule has 0 unspecified atom stereocenters. The number of aromatic hydroxyl groups is 1. The molecule has 0 saturated heterocycles. The molecular weight excluding hydrogens is 861 g/mol. The van der Waals surface area contributed by atoms with E-state index in [0.29, 0.717) is 33.4 Å². The molecule has 8 rings (SSSR count). The number of amides is 2. The van der Waals surface area contributed by atoms with E-state index in [2.05, 4.69) is 22.5 Å². The summed E-state index contributed by atoms with van der Waals surface area (Å²) in [5.74, 6) is -0.142. The highest BCUT2D eigenvalue weighted by atomic mass is 16.4. The van der Waals surface area contributed by atoms with Gasteiger partial charge in [0.15, 0.2) is 5.43 Å². The van der Waals surface area contributed by atoms with E-state index in [0.717, 1.165) is 17.1 Å². The topological polar surface area (TPSA) is 240 Å². The minimum atomic E-state index is -1.41. The van der Waals surface area contributed by atoms with Crippen LogP contribution >= 0.6 is 0 Å². The summed E-state index contributed by atoms with van der Waals surface area (Å²) < 4.78 is 14.4. The molecule has 0 fully saturated rings. The maximum atomic E-state index is 13.6. The fourth-order valence-electron chi connectivity index (χ4n) is 7.87. The van der Waals surface area contributed by atoms with E-state index in [1.807, 2.05) is 74.1 Å². The van der Waals surface area contributed by atoms with Crippen molar-refractivity contribution in [2.45, 2.75) is 6.54 Å². The number of fused-ring (bicyclic) bond motifs is 4. The van der Waals surface area contributed by atoms with Crippen molar-refractivity contribution in [2.75, 3.05) is 39.6 Å². The molecule has 16 heteroatoms. The lowest BCUT2D eigenvalue weighted by atomic mass is 9.89. The first-order valence-electron chi connectivity index (χ1n) is 20.4. The number of carboxylic acid groups (broad SMARTS) is 3. The summed E-state index contributed by atoms with van der Waals surface area (Å²) in [6, 6.07) is 25.7. The van der Waals surface area contributed by atoms with E-state index in [1.165, 1.54) is 60.7 Å². The van der Waals surface area contributed by atoms with E-state index in [4.69, 9.17) is 8.83 Å². The van der Waals surface area contributed by atoms with Crippen LogP contribution in [0.5, 0.6) is 5.75 Å². The first-order chi connectivity index (χ1) is 32.0. The van der Waals surface area contributed by atoms with Crippen molar-refractivity contribution >= 4 is 57.3 Å². The second-order valence-corrected chi connectivity index (χ2v) is 15.8. The van der Waals surface area contributed by atoms with E-state index in [9.17, 15) is 49.2 Å². The van der Waals surface area contributed by atoms with Crippen LogP contribution in [0.1, 0.15) is 47.0 Å². The summed E-state index contributed by atoms with van der Waals surface area (Å²) in [4.78, 5) is 77.8. The number of nitrogens with one attached hydrogen (secondary N) is 2. The highest BCUT2D eigenvalue weighted by molar-refractivity contribution is 6.11.